The van der Waals surface area contributed by atoms with Gasteiger partial charge in [-0.1, -0.05) is 20.8 Å². The zero-order chi connectivity index (χ0) is 14.2. The lowest BCUT2D eigenvalue weighted by molar-refractivity contribution is 0.347. The first-order valence-electron chi connectivity index (χ1n) is 5.95. The van der Waals surface area contributed by atoms with E-state index in [9.17, 15) is 4.79 Å². The van der Waals surface area contributed by atoms with Crippen LogP contribution in [0.4, 0.5) is 0 Å². The van der Waals surface area contributed by atoms with Gasteiger partial charge in [-0.05, 0) is 12.1 Å². The SMILES string of the molecule is COc1ccc2nc(C(C)(C)C)oc(=O)c2c1OC. The van der Waals surface area contributed by atoms with Gasteiger partial charge in [0.2, 0.25) is 5.89 Å². The summed E-state index contributed by atoms with van der Waals surface area (Å²) in [7, 11) is 3.00. The first kappa shape index (κ1) is 13.4. The summed E-state index contributed by atoms with van der Waals surface area (Å²) in [6.45, 7) is 5.81. The molecule has 102 valence electrons. The summed E-state index contributed by atoms with van der Waals surface area (Å²) in [6, 6.07) is 3.45. The zero-order valence-corrected chi connectivity index (χ0v) is 11.7. The van der Waals surface area contributed by atoms with Crippen LogP contribution in [-0.2, 0) is 5.41 Å². The number of rotatable bonds is 2. The van der Waals surface area contributed by atoms with Crippen molar-refractivity contribution >= 4 is 10.9 Å². The molecule has 0 spiro atoms. The second-order valence-corrected chi connectivity index (χ2v) is 5.25. The molecule has 0 N–H and O–H groups in total. The molecule has 0 radical (unpaired) electrons. The molecule has 1 aromatic carbocycles. The van der Waals surface area contributed by atoms with Gasteiger partial charge in [-0.2, -0.15) is 0 Å². The number of aromatic nitrogens is 1. The van der Waals surface area contributed by atoms with E-state index in [0.717, 1.165) is 0 Å². The number of hydrogen-bond donors (Lipinski definition) is 0. The third kappa shape index (κ3) is 2.28. The van der Waals surface area contributed by atoms with Crippen LogP contribution in [0.1, 0.15) is 26.7 Å². The fourth-order valence-electron chi connectivity index (χ4n) is 1.80. The summed E-state index contributed by atoms with van der Waals surface area (Å²) in [4.78, 5) is 16.5. The van der Waals surface area contributed by atoms with Crippen LogP contribution in [-0.4, -0.2) is 19.2 Å². The molecule has 1 aromatic heterocycles. The van der Waals surface area contributed by atoms with Gasteiger partial charge in [0.05, 0.1) is 19.7 Å². The highest BCUT2D eigenvalue weighted by Gasteiger charge is 2.22. The average Bonchev–Trinajstić information content (AvgIpc) is 2.36. The maximum absolute atomic E-state index is 12.2. The van der Waals surface area contributed by atoms with Crippen LogP contribution in [0.15, 0.2) is 21.3 Å². The number of fused-ring (bicyclic) bond motifs is 1. The number of benzene rings is 1. The smallest absolute Gasteiger partial charge is 0.350 e. The molecular formula is C14H17NO4. The summed E-state index contributed by atoms with van der Waals surface area (Å²) in [5, 5.41) is 0.301. The van der Waals surface area contributed by atoms with E-state index in [-0.39, 0.29) is 5.41 Å². The molecule has 0 atom stereocenters. The topological polar surface area (TPSA) is 61.6 Å². The Morgan fingerprint density at radius 2 is 1.84 bits per heavy atom. The molecule has 0 fully saturated rings. The van der Waals surface area contributed by atoms with E-state index in [1.165, 1.54) is 14.2 Å². The molecule has 5 nitrogen and oxygen atoms in total. The van der Waals surface area contributed by atoms with Crippen molar-refractivity contribution in [2.45, 2.75) is 26.2 Å². The zero-order valence-electron chi connectivity index (χ0n) is 11.7. The first-order valence-corrected chi connectivity index (χ1v) is 5.95. The largest absolute Gasteiger partial charge is 0.493 e. The molecular weight excluding hydrogens is 246 g/mol. The lowest BCUT2D eigenvalue weighted by Gasteiger charge is -2.16. The highest BCUT2D eigenvalue weighted by molar-refractivity contribution is 5.86. The second kappa shape index (κ2) is 4.57. The van der Waals surface area contributed by atoms with Crippen molar-refractivity contribution < 1.29 is 13.9 Å². The van der Waals surface area contributed by atoms with Gasteiger partial charge in [-0.25, -0.2) is 9.78 Å². The van der Waals surface area contributed by atoms with Crippen molar-refractivity contribution in [3.8, 4) is 11.5 Å². The Morgan fingerprint density at radius 3 is 2.37 bits per heavy atom. The van der Waals surface area contributed by atoms with Crippen molar-refractivity contribution in [1.29, 1.82) is 0 Å². The van der Waals surface area contributed by atoms with Crippen LogP contribution in [0.5, 0.6) is 11.5 Å². The lowest BCUT2D eigenvalue weighted by atomic mass is 9.96. The van der Waals surface area contributed by atoms with Crippen LogP contribution < -0.4 is 15.1 Å². The summed E-state index contributed by atoms with van der Waals surface area (Å²) >= 11 is 0. The Bertz CT molecular complexity index is 667. The Hall–Kier alpha value is -2.04. The van der Waals surface area contributed by atoms with Gasteiger partial charge in [0.25, 0.3) is 0 Å². The van der Waals surface area contributed by atoms with Gasteiger partial charge in [0, 0.05) is 5.41 Å². The van der Waals surface area contributed by atoms with Crippen LogP contribution in [0.25, 0.3) is 10.9 Å². The first-order chi connectivity index (χ1) is 8.88. The predicted octanol–water partition coefficient (Wildman–Crippen LogP) is 2.50. The molecule has 0 saturated heterocycles. The standard InChI is InChI=1S/C14H17NO4/c1-14(2,3)13-15-8-6-7-9(17-4)11(18-5)10(8)12(16)19-13/h6-7H,1-5H3. The van der Waals surface area contributed by atoms with Crippen molar-refractivity contribution in [2.24, 2.45) is 0 Å². The summed E-state index contributed by atoms with van der Waals surface area (Å²) in [5.41, 5.74) is -0.259. The predicted molar refractivity (Wildman–Crippen MR) is 72.1 cm³/mol. The molecule has 0 aliphatic heterocycles. The number of nitrogens with zero attached hydrogens (tertiary/aromatic N) is 1. The monoisotopic (exact) mass is 263 g/mol. The summed E-state index contributed by atoms with van der Waals surface area (Å²) in [6.07, 6.45) is 0. The van der Waals surface area contributed by atoms with Gasteiger partial charge in [0.15, 0.2) is 11.5 Å². The quantitative estimate of drug-likeness (QED) is 0.833. The average molecular weight is 263 g/mol. The van der Waals surface area contributed by atoms with Crippen LogP contribution in [0.3, 0.4) is 0 Å². The minimum atomic E-state index is -0.467. The molecule has 0 amide bonds. The number of methoxy groups -OCH3 is 2. The Kier molecular flexibility index (Phi) is 3.22. The number of ether oxygens (including phenoxy) is 2. The summed E-state index contributed by atoms with van der Waals surface area (Å²) < 4.78 is 15.7. The van der Waals surface area contributed by atoms with Gasteiger partial charge < -0.3 is 13.9 Å². The number of hydrogen-bond acceptors (Lipinski definition) is 5. The van der Waals surface area contributed by atoms with E-state index in [4.69, 9.17) is 13.9 Å². The highest BCUT2D eigenvalue weighted by Crippen LogP contribution is 2.33. The molecule has 0 bridgehead atoms. The fraction of sp³-hybridized carbons (Fsp3) is 0.429. The van der Waals surface area contributed by atoms with Crippen molar-refractivity contribution in [1.82, 2.24) is 4.98 Å². The van der Waals surface area contributed by atoms with Crippen LogP contribution in [0, 0.1) is 0 Å². The van der Waals surface area contributed by atoms with Crippen molar-refractivity contribution in [3.05, 3.63) is 28.4 Å². The van der Waals surface area contributed by atoms with E-state index in [0.29, 0.717) is 28.3 Å². The highest BCUT2D eigenvalue weighted by atomic mass is 16.5. The van der Waals surface area contributed by atoms with Gasteiger partial charge in [0.1, 0.15) is 5.39 Å². The molecule has 0 saturated carbocycles. The van der Waals surface area contributed by atoms with Crippen LogP contribution >= 0.6 is 0 Å². The van der Waals surface area contributed by atoms with E-state index in [1.807, 2.05) is 20.8 Å². The molecule has 0 aliphatic carbocycles. The Morgan fingerprint density at radius 1 is 1.16 bits per heavy atom. The molecule has 5 heteroatoms. The molecule has 2 aromatic rings. The van der Waals surface area contributed by atoms with Gasteiger partial charge in [-0.15, -0.1) is 0 Å². The minimum absolute atomic E-state index is 0.301. The van der Waals surface area contributed by atoms with E-state index < -0.39 is 5.63 Å². The summed E-state index contributed by atoms with van der Waals surface area (Å²) in [5.74, 6) is 1.23. The normalized spacial score (nSPS) is 11.6. The maximum atomic E-state index is 12.2. The van der Waals surface area contributed by atoms with E-state index in [2.05, 4.69) is 4.98 Å². The Balaban J connectivity index is 2.84. The molecule has 1 heterocycles. The fourth-order valence-corrected chi connectivity index (χ4v) is 1.80. The molecule has 0 aliphatic rings. The lowest BCUT2D eigenvalue weighted by Crippen LogP contribution is -2.18. The molecule has 19 heavy (non-hydrogen) atoms. The van der Waals surface area contributed by atoms with E-state index in [1.54, 1.807) is 12.1 Å². The third-order valence-electron chi connectivity index (χ3n) is 2.78. The van der Waals surface area contributed by atoms with Crippen molar-refractivity contribution in [3.63, 3.8) is 0 Å². The third-order valence-corrected chi connectivity index (χ3v) is 2.78. The van der Waals surface area contributed by atoms with Gasteiger partial charge >= 0.3 is 5.63 Å². The van der Waals surface area contributed by atoms with Gasteiger partial charge in [-0.3, -0.25) is 0 Å². The molecule has 0 unspecified atom stereocenters. The maximum Gasteiger partial charge on any atom is 0.350 e. The van der Waals surface area contributed by atoms with E-state index >= 15 is 0 Å². The second-order valence-electron chi connectivity index (χ2n) is 5.25. The van der Waals surface area contributed by atoms with Crippen molar-refractivity contribution in [2.75, 3.05) is 14.2 Å². The minimum Gasteiger partial charge on any atom is -0.493 e. The van der Waals surface area contributed by atoms with Crippen LogP contribution in [0.2, 0.25) is 0 Å². The Labute approximate surface area is 111 Å². The molecule has 2 rings (SSSR count).